The minimum atomic E-state index is -0.873. The van der Waals surface area contributed by atoms with E-state index in [0.29, 0.717) is 18.2 Å². The van der Waals surface area contributed by atoms with Crippen molar-refractivity contribution in [2.75, 3.05) is 6.54 Å². The van der Waals surface area contributed by atoms with Crippen LogP contribution in [-0.4, -0.2) is 22.6 Å². The highest BCUT2D eigenvalue weighted by atomic mass is 19.1. The lowest BCUT2D eigenvalue weighted by Gasteiger charge is -2.29. The van der Waals surface area contributed by atoms with Gasteiger partial charge in [0.2, 0.25) is 0 Å². The van der Waals surface area contributed by atoms with Crippen molar-refractivity contribution in [3.8, 4) is 5.75 Å². The fraction of sp³-hybridized carbons (Fsp3) is 0.625. The zero-order valence-electron chi connectivity index (χ0n) is 11.6. The van der Waals surface area contributed by atoms with Crippen molar-refractivity contribution in [3.63, 3.8) is 0 Å². The molecule has 2 nitrogen and oxygen atoms in total. The van der Waals surface area contributed by atoms with Crippen LogP contribution in [0.25, 0.3) is 0 Å². The standard InChI is InChI=1S/C16H21F2NO/c17-13-8-11(9-14(18)16(13)20)10-19-7-3-6-15(19)12-4-1-2-5-12/h8-9,12,15,20H,1-7,10H2. The van der Waals surface area contributed by atoms with Crippen molar-refractivity contribution in [1.82, 2.24) is 4.90 Å². The third kappa shape index (κ3) is 2.66. The Hall–Kier alpha value is -1.16. The van der Waals surface area contributed by atoms with E-state index in [9.17, 15) is 8.78 Å². The lowest BCUT2D eigenvalue weighted by molar-refractivity contribution is 0.182. The van der Waals surface area contributed by atoms with Crippen LogP contribution in [0.3, 0.4) is 0 Å². The van der Waals surface area contributed by atoms with E-state index >= 15 is 0 Å². The molecule has 1 saturated heterocycles. The van der Waals surface area contributed by atoms with Crippen LogP contribution in [0.1, 0.15) is 44.1 Å². The predicted octanol–water partition coefficient (Wildman–Crippen LogP) is 3.83. The number of halogens is 2. The summed E-state index contributed by atoms with van der Waals surface area (Å²) >= 11 is 0. The monoisotopic (exact) mass is 281 g/mol. The Morgan fingerprint density at radius 3 is 2.35 bits per heavy atom. The maximum absolute atomic E-state index is 13.4. The van der Waals surface area contributed by atoms with Crippen LogP contribution in [0.2, 0.25) is 0 Å². The number of nitrogens with zero attached hydrogens (tertiary/aromatic N) is 1. The fourth-order valence-corrected chi connectivity index (χ4v) is 3.87. The van der Waals surface area contributed by atoms with Crippen molar-refractivity contribution in [1.29, 1.82) is 0 Å². The summed E-state index contributed by atoms with van der Waals surface area (Å²) in [6.07, 6.45) is 7.59. The normalized spacial score (nSPS) is 24.6. The highest BCUT2D eigenvalue weighted by Crippen LogP contribution is 2.36. The molecule has 1 N–H and O–H groups in total. The number of likely N-dealkylation sites (tertiary alicyclic amines) is 1. The van der Waals surface area contributed by atoms with Gasteiger partial charge in [-0.3, -0.25) is 4.90 Å². The first-order valence-electron chi connectivity index (χ1n) is 7.56. The van der Waals surface area contributed by atoms with Crippen LogP contribution in [0, 0.1) is 17.6 Å². The largest absolute Gasteiger partial charge is 0.503 e. The van der Waals surface area contributed by atoms with E-state index in [1.165, 1.54) is 50.7 Å². The quantitative estimate of drug-likeness (QED) is 0.910. The molecule has 4 heteroatoms. The molecule has 0 aromatic heterocycles. The molecule has 0 spiro atoms. The van der Waals surface area contributed by atoms with Crippen molar-refractivity contribution in [2.24, 2.45) is 5.92 Å². The van der Waals surface area contributed by atoms with Crippen molar-refractivity contribution >= 4 is 0 Å². The van der Waals surface area contributed by atoms with E-state index < -0.39 is 17.4 Å². The number of phenols is 1. The minimum absolute atomic E-state index is 0.567. The summed E-state index contributed by atoms with van der Waals surface area (Å²) in [5.74, 6) is -1.85. The molecular weight excluding hydrogens is 260 g/mol. The molecule has 1 aliphatic carbocycles. The van der Waals surface area contributed by atoms with Gasteiger partial charge in [-0.1, -0.05) is 12.8 Å². The summed E-state index contributed by atoms with van der Waals surface area (Å²) in [6, 6.07) is 3.07. The van der Waals surface area contributed by atoms with Crippen molar-refractivity contribution in [2.45, 2.75) is 51.1 Å². The molecule has 0 radical (unpaired) electrons. The molecule has 1 saturated carbocycles. The fourth-order valence-electron chi connectivity index (χ4n) is 3.87. The number of benzene rings is 1. The van der Waals surface area contributed by atoms with Gasteiger partial charge in [0.1, 0.15) is 0 Å². The molecule has 1 heterocycles. The van der Waals surface area contributed by atoms with Gasteiger partial charge in [-0.15, -0.1) is 0 Å². The van der Waals surface area contributed by atoms with Gasteiger partial charge in [0.25, 0.3) is 0 Å². The Balaban J connectivity index is 1.73. The molecule has 3 rings (SSSR count). The second-order valence-electron chi connectivity index (χ2n) is 6.13. The summed E-state index contributed by atoms with van der Waals surface area (Å²) < 4.78 is 26.8. The van der Waals surface area contributed by atoms with E-state index in [2.05, 4.69) is 4.90 Å². The molecule has 2 aliphatic rings. The van der Waals surface area contributed by atoms with Crippen LogP contribution in [-0.2, 0) is 6.54 Å². The maximum atomic E-state index is 13.4. The average Bonchev–Trinajstić information content (AvgIpc) is 3.05. The number of rotatable bonds is 3. The maximum Gasteiger partial charge on any atom is 0.187 e. The van der Waals surface area contributed by atoms with E-state index in [0.717, 1.165) is 12.5 Å². The molecule has 20 heavy (non-hydrogen) atoms. The zero-order valence-corrected chi connectivity index (χ0v) is 11.6. The van der Waals surface area contributed by atoms with Crippen molar-refractivity contribution in [3.05, 3.63) is 29.3 Å². The van der Waals surface area contributed by atoms with E-state index in [4.69, 9.17) is 5.11 Å². The minimum Gasteiger partial charge on any atom is -0.503 e. The van der Waals surface area contributed by atoms with E-state index in [-0.39, 0.29) is 0 Å². The lowest BCUT2D eigenvalue weighted by atomic mass is 9.96. The van der Waals surface area contributed by atoms with Gasteiger partial charge >= 0.3 is 0 Å². The van der Waals surface area contributed by atoms with Crippen LogP contribution >= 0.6 is 0 Å². The topological polar surface area (TPSA) is 23.5 Å². The molecule has 1 unspecified atom stereocenters. The average molecular weight is 281 g/mol. The Morgan fingerprint density at radius 2 is 1.70 bits per heavy atom. The number of phenolic OH excluding ortho intramolecular Hbond substituents is 1. The first-order chi connectivity index (χ1) is 9.65. The van der Waals surface area contributed by atoms with Gasteiger partial charge in [-0.05, 0) is 55.8 Å². The summed E-state index contributed by atoms with van der Waals surface area (Å²) in [5.41, 5.74) is 0.614. The SMILES string of the molecule is Oc1c(F)cc(CN2CCCC2C2CCCC2)cc1F. The van der Waals surface area contributed by atoms with Gasteiger partial charge in [0, 0.05) is 12.6 Å². The molecule has 1 aliphatic heterocycles. The predicted molar refractivity (Wildman–Crippen MR) is 73.4 cm³/mol. The Bertz CT molecular complexity index is 462. The number of hydrogen-bond acceptors (Lipinski definition) is 2. The smallest absolute Gasteiger partial charge is 0.187 e. The summed E-state index contributed by atoms with van der Waals surface area (Å²) in [7, 11) is 0. The third-order valence-corrected chi connectivity index (χ3v) is 4.82. The molecule has 0 bridgehead atoms. The number of aromatic hydroxyl groups is 1. The molecular formula is C16H21F2NO. The summed E-state index contributed by atoms with van der Waals surface area (Å²) in [5, 5.41) is 9.15. The number of hydrogen-bond donors (Lipinski definition) is 1. The zero-order chi connectivity index (χ0) is 14.1. The molecule has 110 valence electrons. The lowest BCUT2D eigenvalue weighted by Crippen LogP contribution is -2.34. The Kier molecular flexibility index (Phi) is 3.92. The van der Waals surface area contributed by atoms with Crippen molar-refractivity contribution < 1.29 is 13.9 Å². The first kappa shape index (κ1) is 13.8. The molecule has 1 atom stereocenters. The van der Waals surface area contributed by atoms with Crippen LogP contribution in [0.5, 0.6) is 5.75 Å². The summed E-state index contributed by atoms with van der Waals surface area (Å²) in [4.78, 5) is 2.36. The van der Waals surface area contributed by atoms with E-state index in [1.54, 1.807) is 0 Å². The first-order valence-corrected chi connectivity index (χ1v) is 7.56. The molecule has 0 amide bonds. The Labute approximate surface area is 118 Å². The van der Waals surface area contributed by atoms with Gasteiger partial charge in [0.15, 0.2) is 17.4 Å². The summed E-state index contributed by atoms with van der Waals surface area (Å²) in [6.45, 7) is 1.58. The van der Waals surface area contributed by atoms with Gasteiger partial charge in [0.05, 0.1) is 0 Å². The molecule has 1 aromatic carbocycles. The highest BCUT2D eigenvalue weighted by Gasteiger charge is 2.33. The third-order valence-electron chi connectivity index (χ3n) is 4.82. The van der Waals surface area contributed by atoms with Gasteiger partial charge < -0.3 is 5.11 Å². The highest BCUT2D eigenvalue weighted by molar-refractivity contribution is 5.30. The second-order valence-corrected chi connectivity index (χ2v) is 6.13. The molecule has 2 fully saturated rings. The molecule has 1 aromatic rings. The van der Waals surface area contributed by atoms with Crippen LogP contribution in [0.4, 0.5) is 8.78 Å². The Morgan fingerprint density at radius 1 is 1.05 bits per heavy atom. The van der Waals surface area contributed by atoms with Gasteiger partial charge in [-0.25, -0.2) is 8.78 Å². The second kappa shape index (κ2) is 5.68. The van der Waals surface area contributed by atoms with Gasteiger partial charge in [-0.2, -0.15) is 0 Å². The van der Waals surface area contributed by atoms with Crippen LogP contribution < -0.4 is 0 Å². The van der Waals surface area contributed by atoms with E-state index in [1.807, 2.05) is 0 Å². The van der Waals surface area contributed by atoms with Crippen LogP contribution in [0.15, 0.2) is 12.1 Å².